The number of likely N-dealkylation sites (tertiary alicyclic amines) is 1. The van der Waals surface area contributed by atoms with Crippen LogP contribution in [0.5, 0.6) is 5.75 Å². The van der Waals surface area contributed by atoms with Crippen molar-refractivity contribution in [3.05, 3.63) is 59.7 Å². The zero-order valence-electron chi connectivity index (χ0n) is 19.6. The molecule has 1 fully saturated rings. The van der Waals surface area contributed by atoms with Crippen LogP contribution in [-0.2, 0) is 27.9 Å². The summed E-state index contributed by atoms with van der Waals surface area (Å²) in [6, 6.07) is 15.2. The lowest BCUT2D eigenvalue weighted by Gasteiger charge is -2.27. The van der Waals surface area contributed by atoms with Gasteiger partial charge in [-0.3, -0.25) is 14.0 Å². The lowest BCUT2D eigenvalue weighted by molar-refractivity contribution is -0.121. The minimum absolute atomic E-state index is 0.0816. The number of hydrogen-bond donors (Lipinski definition) is 1. The predicted octanol–water partition coefficient (Wildman–Crippen LogP) is 3.54. The third-order valence-electron chi connectivity index (χ3n) is 5.94. The number of hydrogen-bond acceptors (Lipinski definition) is 5. The molecule has 1 aliphatic heterocycles. The molecule has 0 aromatic heterocycles. The van der Waals surface area contributed by atoms with Crippen molar-refractivity contribution in [1.82, 2.24) is 10.2 Å². The zero-order chi connectivity index (χ0) is 23.7. The maximum atomic E-state index is 12.5. The Balaban J connectivity index is 1.52. The summed E-state index contributed by atoms with van der Waals surface area (Å²) in [7, 11) is -1.93. The summed E-state index contributed by atoms with van der Waals surface area (Å²) in [6.07, 6.45) is 5.66. The standard InChI is InChI=1S/C25H35N3O4S/c1-32-24-13-8-12-23(18-24)28(33(2,30)31)17-9-14-25(29)26-19-21-10-4-5-11-22(21)20-27-15-6-3-7-16-27/h4-5,8,10-13,18H,3,6-7,9,14-17,19-20H2,1-2H3,(H,26,29). The second-order valence-electron chi connectivity index (χ2n) is 8.52. The van der Waals surface area contributed by atoms with Crippen LogP contribution >= 0.6 is 0 Å². The lowest BCUT2D eigenvalue weighted by Crippen LogP contribution is -2.32. The van der Waals surface area contributed by atoms with Crippen molar-refractivity contribution >= 4 is 21.6 Å². The number of nitrogens with one attached hydrogen (secondary N) is 1. The lowest BCUT2D eigenvalue weighted by atomic mass is 10.0. The first-order valence-electron chi connectivity index (χ1n) is 11.5. The number of carbonyl (C=O) groups excluding carboxylic acids is 1. The van der Waals surface area contributed by atoms with E-state index in [0.717, 1.165) is 25.2 Å². The number of anilines is 1. The Hall–Kier alpha value is -2.58. The highest BCUT2D eigenvalue weighted by molar-refractivity contribution is 7.92. The molecule has 2 aromatic rings. The molecule has 1 aliphatic rings. The van der Waals surface area contributed by atoms with Crippen LogP contribution in [-0.4, -0.2) is 52.2 Å². The van der Waals surface area contributed by atoms with Crippen molar-refractivity contribution in [3.8, 4) is 5.75 Å². The van der Waals surface area contributed by atoms with E-state index in [9.17, 15) is 13.2 Å². The Bertz CT molecular complexity index is 1020. The van der Waals surface area contributed by atoms with Crippen molar-refractivity contribution in [2.45, 2.75) is 45.2 Å². The molecule has 2 aromatic carbocycles. The maximum absolute atomic E-state index is 12.5. The second kappa shape index (κ2) is 12.0. The molecule has 0 atom stereocenters. The maximum Gasteiger partial charge on any atom is 0.232 e. The van der Waals surface area contributed by atoms with Crippen LogP contribution in [0.15, 0.2) is 48.5 Å². The van der Waals surface area contributed by atoms with E-state index in [4.69, 9.17) is 4.74 Å². The highest BCUT2D eigenvalue weighted by Crippen LogP contribution is 2.23. The number of rotatable bonds is 11. The Kier molecular flexibility index (Phi) is 9.14. The summed E-state index contributed by atoms with van der Waals surface area (Å²) in [6.45, 7) is 3.88. The Morgan fingerprint density at radius 1 is 1.06 bits per heavy atom. The molecule has 180 valence electrons. The van der Waals surface area contributed by atoms with Gasteiger partial charge in [0.25, 0.3) is 0 Å². The Labute approximate surface area is 197 Å². The number of methoxy groups -OCH3 is 1. The van der Waals surface area contributed by atoms with Crippen LogP contribution in [0.2, 0.25) is 0 Å². The Morgan fingerprint density at radius 3 is 2.48 bits per heavy atom. The van der Waals surface area contributed by atoms with E-state index in [1.165, 1.54) is 35.4 Å². The fraction of sp³-hybridized carbons (Fsp3) is 0.480. The number of amides is 1. The number of benzene rings is 2. The molecule has 0 radical (unpaired) electrons. The van der Waals surface area contributed by atoms with Crippen LogP contribution in [0.1, 0.15) is 43.2 Å². The van der Waals surface area contributed by atoms with Crippen LogP contribution in [0.3, 0.4) is 0 Å². The average Bonchev–Trinajstić information content (AvgIpc) is 2.81. The van der Waals surface area contributed by atoms with Crippen LogP contribution in [0.25, 0.3) is 0 Å². The molecule has 7 nitrogen and oxygen atoms in total. The predicted molar refractivity (Wildman–Crippen MR) is 132 cm³/mol. The summed E-state index contributed by atoms with van der Waals surface area (Å²) in [5, 5.41) is 3.00. The third kappa shape index (κ3) is 7.75. The quantitative estimate of drug-likeness (QED) is 0.540. The van der Waals surface area contributed by atoms with Crippen molar-refractivity contribution < 1.29 is 17.9 Å². The zero-order valence-corrected chi connectivity index (χ0v) is 20.4. The van der Waals surface area contributed by atoms with Gasteiger partial charge in [-0.2, -0.15) is 0 Å². The number of ether oxygens (including phenoxy) is 1. The van der Waals surface area contributed by atoms with Gasteiger partial charge in [0.2, 0.25) is 15.9 Å². The van der Waals surface area contributed by atoms with Gasteiger partial charge in [-0.15, -0.1) is 0 Å². The van der Waals surface area contributed by atoms with Gasteiger partial charge in [-0.1, -0.05) is 36.8 Å². The number of nitrogens with zero attached hydrogens (tertiary/aromatic N) is 2. The molecule has 3 rings (SSSR count). The monoisotopic (exact) mass is 473 g/mol. The molecular formula is C25H35N3O4S. The SMILES string of the molecule is COc1cccc(N(CCCC(=O)NCc2ccccc2CN2CCCCC2)S(C)(=O)=O)c1. The molecule has 8 heteroatoms. The highest BCUT2D eigenvalue weighted by atomic mass is 32.2. The van der Waals surface area contributed by atoms with Gasteiger partial charge in [0.05, 0.1) is 19.1 Å². The summed E-state index contributed by atoms with van der Waals surface area (Å²) in [4.78, 5) is 15.0. The molecule has 0 spiro atoms. The van der Waals surface area contributed by atoms with E-state index in [2.05, 4.69) is 22.3 Å². The van der Waals surface area contributed by atoms with Gasteiger partial charge in [0.1, 0.15) is 5.75 Å². The van der Waals surface area contributed by atoms with Crippen molar-refractivity contribution in [2.75, 3.05) is 37.3 Å². The minimum Gasteiger partial charge on any atom is -0.497 e. The van der Waals surface area contributed by atoms with Gasteiger partial charge in [0, 0.05) is 32.1 Å². The molecule has 0 aliphatic carbocycles. The normalized spacial score (nSPS) is 14.6. The van der Waals surface area contributed by atoms with Gasteiger partial charge in [-0.25, -0.2) is 8.42 Å². The van der Waals surface area contributed by atoms with E-state index >= 15 is 0 Å². The fourth-order valence-corrected chi connectivity index (χ4v) is 5.12. The number of piperidine rings is 1. The van der Waals surface area contributed by atoms with E-state index in [0.29, 0.717) is 24.4 Å². The Morgan fingerprint density at radius 2 is 1.79 bits per heavy atom. The van der Waals surface area contributed by atoms with Crippen molar-refractivity contribution in [3.63, 3.8) is 0 Å². The average molecular weight is 474 g/mol. The van der Waals surface area contributed by atoms with E-state index < -0.39 is 10.0 Å². The van der Waals surface area contributed by atoms with Gasteiger partial charge in [-0.05, 0) is 55.6 Å². The molecule has 1 amide bonds. The summed E-state index contributed by atoms with van der Waals surface area (Å²) in [5.74, 6) is 0.504. The molecule has 33 heavy (non-hydrogen) atoms. The molecule has 0 bridgehead atoms. The van der Waals surface area contributed by atoms with Crippen LogP contribution in [0.4, 0.5) is 5.69 Å². The van der Waals surface area contributed by atoms with Crippen LogP contribution in [0, 0.1) is 0 Å². The minimum atomic E-state index is -3.47. The molecule has 0 unspecified atom stereocenters. The number of carbonyl (C=O) groups is 1. The molecular weight excluding hydrogens is 438 g/mol. The smallest absolute Gasteiger partial charge is 0.232 e. The molecule has 1 N–H and O–H groups in total. The molecule has 0 saturated carbocycles. The van der Waals surface area contributed by atoms with Crippen molar-refractivity contribution in [2.24, 2.45) is 0 Å². The topological polar surface area (TPSA) is 79.0 Å². The van der Waals surface area contributed by atoms with Crippen LogP contribution < -0.4 is 14.4 Å². The molecule has 1 heterocycles. The van der Waals surface area contributed by atoms with Gasteiger partial charge >= 0.3 is 0 Å². The number of sulfonamides is 1. The summed E-state index contributed by atoms with van der Waals surface area (Å²) in [5.41, 5.74) is 2.91. The highest BCUT2D eigenvalue weighted by Gasteiger charge is 2.18. The van der Waals surface area contributed by atoms with E-state index in [1.54, 1.807) is 31.4 Å². The summed E-state index contributed by atoms with van der Waals surface area (Å²) < 4.78 is 31.1. The largest absolute Gasteiger partial charge is 0.497 e. The van der Waals surface area contributed by atoms with Gasteiger partial charge < -0.3 is 10.1 Å². The fourth-order valence-electron chi connectivity index (χ4n) is 4.16. The summed E-state index contributed by atoms with van der Waals surface area (Å²) >= 11 is 0. The first kappa shape index (κ1) is 25.1. The first-order chi connectivity index (χ1) is 15.9. The van der Waals surface area contributed by atoms with Gasteiger partial charge in [0.15, 0.2) is 0 Å². The third-order valence-corrected chi connectivity index (χ3v) is 7.14. The first-order valence-corrected chi connectivity index (χ1v) is 13.4. The molecule has 1 saturated heterocycles. The van der Waals surface area contributed by atoms with Crippen molar-refractivity contribution in [1.29, 1.82) is 0 Å². The second-order valence-corrected chi connectivity index (χ2v) is 10.4. The van der Waals surface area contributed by atoms with E-state index in [1.807, 2.05) is 12.1 Å². The van der Waals surface area contributed by atoms with E-state index in [-0.39, 0.29) is 18.9 Å².